The zero-order chi connectivity index (χ0) is 9.42. The van der Waals surface area contributed by atoms with Gasteiger partial charge in [-0.3, -0.25) is 0 Å². The van der Waals surface area contributed by atoms with Crippen LogP contribution in [0.2, 0.25) is 0 Å². The van der Waals surface area contributed by atoms with Crippen LogP contribution >= 0.6 is 15.9 Å². The molecule has 1 fully saturated rings. The lowest BCUT2D eigenvalue weighted by Crippen LogP contribution is -2.23. The fourth-order valence-electron chi connectivity index (χ4n) is 1.50. The van der Waals surface area contributed by atoms with Crippen molar-refractivity contribution in [2.75, 3.05) is 0 Å². The van der Waals surface area contributed by atoms with Crippen LogP contribution in [0.25, 0.3) is 0 Å². The minimum atomic E-state index is 0.183. The van der Waals surface area contributed by atoms with E-state index in [0.29, 0.717) is 5.92 Å². The molecule has 1 heterocycles. The van der Waals surface area contributed by atoms with Crippen LogP contribution in [0.1, 0.15) is 31.5 Å². The van der Waals surface area contributed by atoms with Gasteiger partial charge in [0.2, 0.25) is 0 Å². The van der Waals surface area contributed by atoms with Crippen molar-refractivity contribution in [1.29, 1.82) is 0 Å². The number of nitrogens with zero attached hydrogens (tertiary/aromatic N) is 2. The fraction of sp³-hybridized carbons (Fsp3) is 0.667. The summed E-state index contributed by atoms with van der Waals surface area (Å²) in [5, 5.41) is 0. The summed E-state index contributed by atoms with van der Waals surface area (Å²) in [5.74, 6) is 1.88. The first-order valence-corrected chi connectivity index (χ1v) is 5.44. The third-order valence-electron chi connectivity index (χ3n) is 2.25. The van der Waals surface area contributed by atoms with Crippen molar-refractivity contribution in [2.24, 2.45) is 5.73 Å². The number of hydrogen-bond donors (Lipinski definition) is 1. The van der Waals surface area contributed by atoms with Crippen LogP contribution in [0.15, 0.2) is 10.8 Å². The molecule has 0 amide bonds. The molecule has 72 valence electrons. The molecule has 2 N–H and O–H groups in total. The van der Waals surface area contributed by atoms with E-state index in [9.17, 15) is 0 Å². The minimum Gasteiger partial charge on any atom is -0.326 e. The first kappa shape index (κ1) is 9.21. The SMILES string of the molecule is CC(N)Cn1c(Br)cnc1C1CC1. The second-order valence-corrected chi connectivity index (χ2v) is 4.61. The average molecular weight is 244 g/mol. The lowest BCUT2D eigenvalue weighted by Gasteiger charge is -2.11. The Morgan fingerprint density at radius 2 is 2.46 bits per heavy atom. The van der Waals surface area contributed by atoms with E-state index in [0.717, 1.165) is 11.1 Å². The molecule has 0 radical (unpaired) electrons. The lowest BCUT2D eigenvalue weighted by molar-refractivity contribution is 0.559. The summed E-state index contributed by atoms with van der Waals surface area (Å²) in [7, 11) is 0. The van der Waals surface area contributed by atoms with Crippen LogP contribution in [0, 0.1) is 0 Å². The quantitative estimate of drug-likeness (QED) is 0.882. The Balaban J connectivity index is 2.23. The summed E-state index contributed by atoms with van der Waals surface area (Å²) in [5.41, 5.74) is 5.77. The highest BCUT2D eigenvalue weighted by Gasteiger charge is 2.28. The molecule has 1 aliphatic carbocycles. The van der Waals surface area contributed by atoms with Crippen LogP contribution in [0.4, 0.5) is 0 Å². The van der Waals surface area contributed by atoms with Gasteiger partial charge in [0.15, 0.2) is 0 Å². The smallest absolute Gasteiger partial charge is 0.112 e. The van der Waals surface area contributed by atoms with Crippen molar-refractivity contribution in [3.8, 4) is 0 Å². The molecule has 3 nitrogen and oxygen atoms in total. The first-order chi connectivity index (χ1) is 6.18. The third-order valence-corrected chi connectivity index (χ3v) is 2.88. The van der Waals surface area contributed by atoms with Gasteiger partial charge in [-0.15, -0.1) is 0 Å². The van der Waals surface area contributed by atoms with Gasteiger partial charge in [-0.05, 0) is 35.7 Å². The standard InChI is InChI=1S/C9H14BrN3/c1-6(11)5-13-8(10)4-12-9(13)7-2-3-7/h4,6-7H,2-3,5,11H2,1H3. The molecule has 0 aliphatic heterocycles. The van der Waals surface area contributed by atoms with E-state index in [1.54, 1.807) is 0 Å². The summed E-state index contributed by atoms with van der Waals surface area (Å²) in [4.78, 5) is 4.39. The molecule has 2 rings (SSSR count). The van der Waals surface area contributed by atoms with Gasteiger partial charge in [0.1, 0.15) is 10.4 Å². The van der Waals surface area contributed by atoms with Crippen LogP contribution in [0.5, 0.6) is 0 Å². The van der Waals surface area contributed by atoms with E-state index >= 15 is 0 Å². The second kappa shape index (κ2) is 3.42. The zero-order valence-corrected chi connectivity index (χ0v) is 9.29. The molecular weight excluding hydrogens is 230 g/mol. The van der Waals surface area contributed by atoms with Crippen LogP contribution in [-0.2, 0) is 6.54 Å². The Morgan fingerprint density at radius 3 is 3.00 bits per heavy atom. The highest BCUT2D eigenvalue weighted by molar-refractivity contribution is 9.10. The van der Waals surface area contributed by atoms with Crippen LogP contribution in [-0.4, -0.2) is 15.6 Å². The molecule has 1 aromatic rings. The molecule has 0 bridgehead atoms. The highest BCUT2D eigenvalue weighted by atomic mass is 79.9. The van der Waals surface area contributed by atoms with Crippen molar-refractivity contribution in [3.63, 3.8) is 0 Å². The number of aromatic nitrogens is 2. The van der Waals surface area contributed by atoms with Gasteiger partial charge in [-0.2, -0.15) is 0 Å². The average Bonchev–Trinajstić information content (AvgIpc) is 2.81. The summed E-state index contributed by atoms with van der Waals surface area (Å²) in [6.45, 7) is 2.87. The predicted molar refractivity (Wildman–Crippen MR) is 55.6 cm³/mol. The summed E-state index contributed by atoms with van der Waals surface area (Å²) < 4.78 is 3.23. The van der Waals surface area contributed by atoms with Crippen LogP contribution < -0.4 is 5.73 Å². The Kier molecular flexibility index (Phi) is 2.43. The number of halogens is 1. The maximum Gasteiger partial charge on any atom is 0.112 e. The molecule has 1 saturated carbocycles. The number of rotatable bonds is 3. The number of hydrogen-bond acceptors (Lipinski definition) is 2. The van der Waals surface area contributed by atoms with E-state index in [1.165, 1.54) is 18.7 Å². The normalized spacial score (nSPS) is 19.0. The third kappa shape index (κ3) is 1.94. The minimum absolute atomic E-state index is 0.183. The van der Waals surface area contributed by atoms with Crippen molar-refractivity contribution < 1.29 is 0 Å². The van der Waals surface area contributed by atoms with Gasteiger partial charge in [-0.1, -0.05) is 0 Å². The molecule has 0 spiro atoms. The maximum atomic E-state index is 5.77. The van der Waals surface area contributed by atoms with Crippen molar-refractivity contribution in [1.82, 2.24) is 9.55 Å². The molecule has 1 aromatic heterocycles. The van der Waals surface area contributed by atoms with Gasteiger partial charge in [0.25, 0.3) is 0 Å². The Morgan fingerprint density at radius 1 is 1.77 bits per heavy atom. The van der Waals surface area contributed by atoms with E-state index in [-0.39, 0.29) is 6.04 Å². The molecular formula is C9H14BrN3. The molecule has 1 atom stereocenters. The van der Waals surface area contributed by atoms with Crippen molar-refractivity contribution in [2.45, 2.75) is 38.3 Å². The Hall–Kier alpha value is -0.350. The van der Waals surface area contributed by atoms with Crippen molar-refractivity contribution >= 4 is 15.9 Å². The summed E-state index contributed by atoms with van der Waals surface area (Å²) >= 11 is 3.49. The number of nitrogens with two attached hydrogens (primary N) is 1. The lowest BCUT2D eigenvalue weighted by atomic mass is 10.3. The molecule has 1 unspecified atom stereocenters. The van der Waals surface area contributed by atoms with E-state index in [1.807, 2.05) is 13.1 Å². The summed E-state index contributed by atoms with van der Waals surface area (Å²) in [6.07, 6.45) is 4.43. The Labute approximate surface area is 86.5 Å². The fourth-order valence-corrected chi connectivity index (χ4v) is 1.93. The van der Waals surface area contributed by atoms with Gasteiger partial charge >= 0.3 is 0 Å². The molecule has 13 heavy (non-hydrogen) atoms. The zero-order valence-electron chi connectivity index (χ0n) is 7.70. The van der Waals surface area contributed by atoms with Gasteiger partial charge in [0, 0.05) is 18.5 Å². The van der Waals surface area contributed by atoms with Gasteiger partial charge in [-0.25, -0.2) is 4.98 Å². The molecule has 0 aromatic carbocycles. The monoisotopic (exact) mass is 243 g/mol. The van der Waals surface area contributed by atoms with E-state index in [2.05, 4.69) is 25.5 Å². The topological polar surface area (TPSA) is 43.8 Å². The van der Waals surface area contributed by atoms with Gasteiger partial charge < -0.3 is 10.3 Å². The molecule has 4 heteroatoms. The second-order valence-electron chi connectivity index (χ2n) is 3.80. The predicted octanol–water partition coefficient (Wildman–Crippen LogP) is 1.87. The molecule has 0 saturated heterocycles. The van der Waals surface area contributed by atoms with Gasteiger partial charge in [0.05, 0.1) is 6.20 Å². The van der Waals surface area contributed by atoms with E-state index in [4.69, 9.17) is 5.73 Å². The largest absolute Gasteiger partial charge is 0.326 e. The Bertz CT molecular complexity index is 302. The highest BCUT2D eigenvalue weighted by Crippen LogP contribution is 2.40. The summed E-state index contributed by atoms with van der Waals surface area (Å²) in [6, 6.07) is 0.183. The number of imidazole rings is 1. The van der Waals surface area contributed by atoms with Crippen molar-refractivity contribution in [3.05, 3.63) is 16.6 Å². The molecule has 1 aliphatic rings. The van der Waals surface area contributed by atoms with Crippen LogP contribution in [0.3, 0.4) is 0 Å². The van der Waals surface area contributed by atoms with E-state index < -0.39 is 0 Å². The first-order valence-electron chi connectivity index (χ1n) is 4.65. The maximum absolute atomic E-state index is 5.77.